The van der Waals surface area contributed by atoms with Gasteiger partial charge < -0.3 is 0 Å². The van der Waals surface area contributed by atoms with Crippen LogP contribution in [-0.4, -0.2) is 6.21 Å². The first kappa shape index (κ1) is 16.0. The van der Waals surface area contributed by atoms with Gasteiger partial charge in [0.2, 0.25) is 0 Å². The number of rotatable bonds is 4. The maximum atomic E-state index is 4.70. The van der Waals surface area contributed by atoms with Gasteiger partial charge in [-0.2, -0.15) is 0 Å². The molecule has 3 aromatic rings. The van der Waals surface area contributed by atoms with Gasteiger partial charge in [-0.05, 0) is 50.1 Å². The summed E-state index contributed by atoms with van der Waals surface area (Å²) in [4.78, 5) is 7.58. The van der Waals surface area contributed by atoms with Crippen LogP contribution < -0.4 is 5.32 Å². The number of aryl methyl sites for hydroxylation is 2. The average Bonchev–Trinajstić information content (AvgIpc) is 3.03. The fraction of sp³-hybridized carbons (Fsp3) is 0.136. The number of allylic oxidation sites excluding steroid dienone is 1. The fourth-order valence-electron chi connectivity index (χ4n) is 3.22. The number of hydrogen-bond donors (Lipinski definition) is 1. The molecule has 0 atom stereocenters. The van der Waals surface area contributed by atoms with Gasteiger partial charge in [-0.15, -0.1) is 11.3 Å². The lowest BCUT2D eigenvalue weighted by Crippen LogP contribution is -2.75. The standard InChI is InChI=1S/C22H20N2S/c1-16-14-20-21(25-16)13-12-17(15-23-18-8-4-2-5-9-18)22(20)24-19-10-6-3-7-11-19/h2-11,14-15,24H,12-13H2,1H3/p+1. The van der Waals surface area contributed by atoms with Gasteiger partial charge in [0.15, 0.2) is 0 Å². The van der Waals surface area contributed by atoms with Crippen molar-refractivity contribution in [1.29, 1.82) is 0 Å². The van der Waals surface area contributed by atoms with Gasteiger partial charge in [0.05, 0.1) is 11.3 Å². The average molecular weight is 345 g/mol. The van der Waals surface area contributed by atoms with Crippen molar-refractivity contribution in [2.24, 2.45) is 4.99 Å². The van der Waals surface area contributed by atoms with E-state index in [1.54, 1.807) is 0 Å². The van der Waals surface area contributed by atoms with Crippen LogP contribution in [-0.2, 0) is 6.42 Å². The lowest BCUT2D eigenvalue weighted by molar-refractivity contribution is -0.470. The Morgan fingerprint density at radius 2 is 1.68 bits per heavy atom. The van der Waals surface area contributed by atoms with Gasteiger partial charge in [-0.3, -0.25) is 10.3 Å². The van der Waals surface area contributed by atoms with Crippen molar-refractivity contribution in [3.63, 3.8) is 0 Å². The lowest BCUT2D eigenvalue weighted by atomic mass is 9.95. The molecule has 4 rings (SSSR count). The summed E-state index contributed by atoms with van der Waals surface area (Å²) in [6.07, 6.45) is 4.21. The molecule has 124 valence electrons. The van der Waals surface area contributed by atoms with Crippen LogP contribution in [0.15, 0.2) is 77.3 Å². The molecular weight excluding hydrogens is 324 g/mol. The first-order valence-electron chi connectivity index (χ1n) is 8.61. The van der Waals surface area contributed by atoms with Crippen LogP contribution in [0, 0.1) is 6.92 Å². The first-order chi connectivity index (χ1) is 12.3. The van der Waals surface area contributed by atoms with Crippen LogP contribution >= 0.6 is 11.3 Å². The number of benzene rings is 2. The fourth-order valence-corrected chi connectivity index (χ4v) is 4.27. The van der Waals surface area contributed by atoms with Crippen molar-refractivity contribution >= 4 is 34.6 Å². The summed E-state index contributed by atoms with van der Waals surface area (Å²) < 4.78 is 0. The minimum absolute atomic E-state index is 1.00. The normalized spacial score (nSPS) is 14.1. The number of nitrogens with zero attached hydrogens (tertiary/aromatic N) is 1. The van der Waals surface area contributed by atoms with Gasteiger partial charge in [0, 0.05) is 21.5 Å². The van der Waals surface area contributed by atoms with Gasteiger partial charge in [0.1, 0.15) is 11.4 Å². The van der Waals surface area contributed by atoms with Crippen molar-refractivity contribution in [2.45, 2.75) is 19.8 Å². The Labute approximate surface area is 152 Å². The lowest BCUT2D eigenvalue weighted by Gasteiger charge is -2.16. The number of thiophene rings is 1. The molecule has 0 spiro atoms. The van der Waals surface area contributed by atoms with E-state index in [4.69, 9.17) is 4.99 Å². The highest BCUT2D eigenvalue weighted by Gasteiger charge is 2.24. The Morgan fingerprint density at radius 3 is 2.44 bits per heavy atom. The molecule has 2 aromatic carbocycles. The topological polar surface area (TPSA) is 29.0 Å². The van der Waals surface area contributed by atoms with E-state index in [2.05, 4.69) is 54.9 Å². The maximum Gasteiger partial charge on any atom is 0.147 e. The SMILES string of the molecule is Cc1cc2c(s1)CCC(C=Nc1ccccc1)=C2[NH2+]c1ccccc1. The molecule has 25 heavy (non-hydrogen) atoms. The highest BCUT2D eigenvalue weighted by molar-refractivity contribution is 7.12. The second-order valence-corrected chi connectivity index (χ2v) is 7.62. The number of aliphatic imine (C=N–C) groups is 1. The molecule has 1 aromatic heterocycles. The third-order valence-corrected chi connectivity index (χ3v) is 5.54. The van der Waals surface area contributed by atoms with Crippen LogP contribution in [0.5, 0.6) is 0 Å². The van der Waals surface area contributed by atoms with E-state index in [0.29, 0.717) is 0 Å². The molecular formula is C22H21N2S+. The summed E-state index contributed by atoms with van der Waals surface area (Å²) in [6, 6.07) is 23.0. The van der Waals surface area contributed by atoms with Gasteiger partial charge in [-0.1, -0.05) is 36.4 Å². The third-order valence-electron chi connectivity index (χ3n) is 4.43. The molecule has 1 aliphatic carbocycles. The molecule has 2 N–H and O–H groups in total. The van der Waals surface area contributed by atoms with Crippen molar-refractivity contribution in [2.75, 3.05) is 0 Å². The largest absolute Gasteiger partial charge is 0.281 e. The van der Waals surface area contributed by atoms with Crippen LogP contribution in [0.2, 0.25) is 0 Å². The number of para-hydroxylation sites is 2. The minimum Gasteiger partial charge on any atom is -0.281 e. The third kappa shape index (κ3) is 3.63. The summed E-state index contributed by atoms with van der Waals surface area (Å²) in [6.45, 7) is 2.20. The Morgan fingerprint density at radius 1 is 0.960 bits per heavy atom. The molecule has 0 saturated heterocycles. The first-order valence-corrected chi connectivity index (χ1v) is 9.43. The van der Waals surface area contributed by atoms with Gasteiger partial charge in [-0.25, -0.2) is 0 Å². The molecule has 0 fully saturated rings. The molecule has 0 amide bonds. The van der Waals surface area contributed by atoms with E-state index in [0.717, 1.165) is 18.5 Å². The minimum atomic E-state index is 1.00. The Kier molecular flexibility index (Phi) is 4.59. The number of fused-ring (bicyclic) bond motifs is 1. The molecule has 3 heteroatoms. The zero-order valence-corrected chi connectivity index (χ0v) is 15.1. The van der Waals surface area contributed by atoms with E-state index in [-0.39, 0.29) is 0 Å². The van der Waals surface area contributed by atoms with Crippen LogP contribution in [0.4, 0.5) is 11.4 Å². The van der Waals surface area contributed by atoms with E-state index in [1.807, 2.05) is 41.7 Å². The summed E-state index contributed by atoms with van der Waals surface area (Å²) in [5, 5.41) is 2.30. The number of nitrogens with two attached hydrogens (primary N) is 1. The molecule has 0 aliphatic heterocycles. The van der Waals surface area contributed by atoms with Crippen molar-refractivity contribution < 1.29 is 5.32 Å². The zero-order chi connectivity index (χ0) is 17.1. The highest BCUT2D eigenvalue weighted by atomic mass is 32.1. The summed E-state index contributed by atoms with van der Waals surface area (Å²) in [7, 11) is 0. The summed E-state index contributed by atoms with van der Waals surface area (Å²) >= 11 is 1.92. The molecule has 1 heterocycles. The second-order valence-electron chi connectivity index (χ2n) is 6.28. The second kappa shape index (κ2) is 7.18. The summed E-state index contributed by atoms with van der Waals surface area (Å²) in [5.41, 5.74) is 6.25. The number of hydrogen-bond acceptors (Lipinski definition) is 2. The smallest absolute Gasteiger partial charge is 0.147 e. The van der Waals surface area contributed by atoms with E-state index in [1.165, 1.54) is 32.3 Å². The molecule has 0 unspecified atom stereocenters. The highest BCUT2D eigenvalue weighted by Crippen LogP contribution is 2.33. The van der Waals surface area contributed by atoms with Crippen molar-refractivity contribution in [3.05, 3.63) is 87.6 Å². The molecule has 1 aliphatic rings. The predicted molar refractivity (Wildman–Crippen MR) is 107 cm³/mol. The molecule has 0 radical (unpaired) electrons. The van der Waals surface area contributed by atoms with E-state index < -0.39 is 0 Å². The quantitative estimate of drug-likeness (QED) is 0.509. The van der Waals surface area contributed by atoms with Crippen LogP contribution in [0.3, 0.4) is 0 Å². The molecule has 0 saturated carbocycles. The van der Waals surface area contributed by atoms with Gasteiger partial charge >= 0.3 is 0 Å². The van der Waals surface area contributed by atoms with Crippen LogP contribution in [0.25, 0.3) is 5.70 Å². The molecule has 0 bridgehead atoms. The van der Waals surface area contributed by atoms with E-state index >= 15 is 0 Å². The maximum absolute atomic E-state index is 4.70. The molecule has 2 nitrogen and oxygen atoms in total. The van der Waals surface area contributed by atoms with E-state index in [9.17, 15) is 0 Å². The number of quaternary nitrogens is 1. The monoisotopic (exact) mass is 345 g/mol. The predicted octanol–water partition coefficient (Wildman–Crippen LogP) is 5.01. The zero-order valence-electron chi connectivity index (χ0n) is 14.3. The van der Waals surface area contributed by atoms with Crippen molar-refractivity contribution in [1.82, 2.24) is 0 Å². The summed E-state index contributed by atoms with van der Waals surface area (Å²) in [5.74, 6) is 0. The Hall–Kier alpha value is -2.49. The Balaban J connectivity index is 1.74. The van der Waals surface area contributed by atoms with Crippen molar-refractivity contribution in [3.8, 4) is 0 Å². The van der Waals surface area contributed by atoms with Crippen LogP contribution in [0.1, 0.15) is 21.7 Å². The Bertz CT molecular complexity index is 921. The van der Waals surface area contributed by atoms with Gasteiger partial charge in [0.25, 0.3) is 0 Å².